The lowest BCUT2D eigenvalue weighted by molar-refractivity contribution is 0.0691. The third-order valence-corrected chi connectivity index (χ3v) is 3.76. The molecule has 0 aliphatic carbocycles. The average Bonchev–Trinajstić information content (AvgIpc) is 3.12. The summed E-state index contributed by atoms with van der Waals surface area (Å²) in [4.78, 5) is 17.4. The summed E-state index contributed by atoms with van der Waals surface area (Å²) >= 11 is 0. The molecule has 2 aromatic heterocycles. The standard InChI is InChI=1S/C17H12N2O2/c20-17(21)14-9-11-4-2-6-13(16(11)19-14)12-5-1-3-10-7-8-18-15(10)12/h1-9,18-19H,(H,20,21). The second-order valence-corrected chi connectivity index (χ2v) is 5.01. The molecule has 0 saturated carbocycles. The molecule has 0 unspecified atom stereocenters. The monoisotopic (exact) mass is 276 g/mol. The lowest BCUT2D eigenvalue weighted by Gasteiger charge is -2.05. The maximum atomic E-state index is 11.2. The van der Waals surface area contributed by atoms with Crippen LogP contribution in [0.5, 0.6) is 0 Å². The third kappa shape index (κ3) is 1.73. The summed E-state index contributed by atoms with van der Waals surface area (Å²) in [5.74, 6) is -0.949. The Labute approximate surface area is 120 Å². The van der Waals surface area contributed by atoms with Crippen LogP contribution in [-0.4, -0.2) is 21.0 Å². The van der Waals surface area contributed by atoms with Crippen LogP contribution in [0.2, 0.25) is 0 Å². The van der Waals surface area contributed by atoms with Crippen molar-refractivity contribution in [1.29, 1.82) is 0 Å². The molecular formula is C17H12N2O2. The molecule has 0 aliphatic heterocycles. The van der Waals surface area contributed by atoms with E-state index in [0.29, 0.717) is 0 Å². The number of aromatic amines is 2. The van der Waals surface area contributed by atoms with Crippen molar-refractivity contribution in [3.63, 3.8) is 0 Å². The highest BCUT2D eigenvalue weighted by atomic mass is 16.4. The lowest BCUT2D eigenvalue weighted by Crippen LogP contribution is -1.95. The van der Waals surface area contributed by atoms with Gasteiger partial charge < -0.3 is 15.1 Å². The van der Waals surface area contributed by atoms with Crippen molar-refractivity contribution in [2.24, 2.45) is 0 Å². The van der Waals surface area contributed by atoms with Gasteiger partial charge in [0.05, 0.1) is 11.0 Å². The van der Waals surface area contributed by atoms with Gasteiger partial charge in [0, 0.05) is 22.7 Å². The Morgan fingerprint density at radius 3 is 2.38 bits per heavy atom. The molecule has 4 rings (SSSR count). The van der Waals surface area contributed by atoms with Gasteiger partial charge >= 0.3 is 5.97 Å². The Balaban J connectivity index is 2.06. The smallest absolute Gasteiger partial charge is 0.352 e. The van der Waals surface area contributed by atoms with Crippen molar-refractivity contribution in [3.05, 3.63) is 60.4 Å². The molecule has 3 N–H and O–H groups in total. The van der Waals surface area contributed by atoms with E-state index in [0.717, 1.165) is 32.9 Å². The van der Waals surface area contributed by atoms with Gasteiger partial charge in [-0.25, -0.2) is 4.79 Å². The van der Waals surface area contributed by atoms with Crippen LogP contribution in [0.4, 0.5) is 0 Å². The molecular weight excluding hydrogens is 264 g/mol. The third-order valence-electron chi connectivity index (χ3n) is 3.76. The van der Waals surface area contributed by atoms with Crippen molar-refractivity contribution >= 4 is 27.8 Å². The first-order valence-electron chi connectivity index (χ1n) is 6.65. The predicted molar refractivity (Wildman–Crippen MR) is 82.6 cm³/mol. The van der Waals surface area contributed by atoms with Crippen molar-refractivity contribution < 1.29 is 9.90 Å². The van der Waals surface area contributed by atoms with Crippen molar-refractivity contribution in [2.45, 2.75) is 0 Å². The highest BCUT2D eigenvalue weighted by molar-refractivity contribution is 6.05. The molecule has 0 aliphatic rings. The molecule has 102 valence electrons. The molecule has 2 heterocycles. The van der Waals surface area contributed by atoms with Gasteiger partial charge in [-0.15, -0.1) is 0 Å². The van der Waals surface area contributed by atoms with Crippen molar-refractivity contribution in [3.8, 4) is 11.1 Å². The summed E-state index contributed by atoms with van der Waals surface area (Å²) in [5.41, 5.74) is 4.15. The van der Waals surface area contributed by atoms with Gasteiger partial charge in [-0.2, -0.15) is 0 Å². The molecule has 0 atom stereocenters. The van der Waals surface area contributed by atoms with E-state index in [1.165, 1.54) is 0 Å². The van der Waals surface area contributed by atoms with Crippen LogP contribution in [0.25, 0.3) is 32.9 Å². The number of aromatic nitrogens is 2. The SMILES string of the molecule is O=C(O)c1cc2cccc(-c3cccc4cc[nH]c34)c2[nH]1. The number of H-pyrrole nitrogens is 2. The molecule has 4 heteroatoms. The highest BCUT2D eigenvalue weighted by Gasteiger charge is 2.13. The molecule has 21 heavy (non-hydrogen) atoms. The van der Waals surface area contributed by atoms with Crippen LogP contribution < -0.4 is 0 Å². The highest BCUT2D eigenvalue weighted by Crippen LogP contribution is 2.33. The van der Waals surface area contributed by atoms with Crippen LogP contribution in [0.15, 0.2) is 54.7 Å². The Morgan fingerprint density at radius 2 is 1.62 bits per heavy atom. The number of carbonyl (C=O) groups is 1. The van der Waals surface area contributed by atoms with Gasteiger partial charge in [0.15, 0.2) is 0 Å². The maximum Gasteiger partial charge on any atom is 0.352 e. The maximum absolute atomic E-state index is 11.2. The van der Waals surface area contributed by atoms with Crippen LogP contribution in [0.3, 0.4) is 0 Å². The second-order valence-electron chi connectivity index (χ2n) is 5.01. The van der Waals surface area contributed by atoms with Crippen LogP contribution in [0.1, 0.15) is 10.5 Å². The lowest BCUT2D eigenvalue weighted by atomic mass is 10.0. The average molecular weight is 276 g/mol. The second kappa shape index (κ2) is 4.24. The molecule has 0 spiro atoms. The summed E-state index contributed by atoms with van der Waals surface area (Å²) in [6.07, 6.45) is 1.91. The summed E-state index contributed by atoms with van der Waals surface area (Å²) in [6, 6.07) is 15.6. The Hall–Kier alpha value is -3.01. The van der Waals surface area contributed by atoms with E-state index in [4.69, 9.17) is 5.11 Å². The van der Waals surface area contributed by atoms with Gasteiger partial charge in [0.25, 0.3) is 0 Å². The van der Waals surface area contributed by atoms with Crippen LogP contribution >= 0.6 is 0 Å². The van der Waals surface area contributed by atoms with Gasteiger partial charge in [0.1, 0.15) is 5.69 Å². The first-order valence-corrected chi connectivity index (χ1v) is 6.65. The van der Waals surface area contributed by atoms with Crippen molar-refractivity contribution in [1.82, 2.24) is 9.97 Å². The van der Waals surface area contributed by atoms with E-state index in [1.54, 1.807) is 6.07 Å². The number of carboxylic acids is 1. The summed E-state index contributed by atoms with van der Waals surface area (Å²) < 4.78 is 0. The Bertz CT molecular complexity index is 979. The summed E-state index contributed by atoms with van der Waals surface area (Å²) in [6.45, 7) is 0. The zero-order chi connectivity index (χ0) is 14.4. The number of carboxylic acid groups (broad SMARTS) is 1. The molecule has 0 bridgehead atoms. The predicted octanol–water partition coefficient (Wildman–Crippen LogP) is 4.01. The first kappa shape index (κ1) is 11.8. The fraction of sp³-hybridized carbons (Fsp3) is 0. The van der Waals surface area contributed by atoms with Gasteiger partial charge in [-0.05, 0) is 17.5 Å². The van der Waals surface area contributed by atoms with Gasteiger partial charge in [-0.1, -0.05) is 36.4 Å². The zero-order valence-electron chi connectivity index (χ0n) is 11.1. The minimum Gasteiger partial charge on any atom is -0.477 e. The van der Waals surface area contributed by atoms with E-state index in [2.05, 4.69) is 9.97 Å². The molecule has 0 saturated heterocycles. The summed E-state index contributed by atoms with van der Waals surface area (Å²) in [5, 5.41) is 11.2. The number of nitrogens with one attached hydrogen (secondary N) is 2. The minimum atomic E-state index is -0.949. The molecule has 4 nitrogen and oxygen atoms in total. The van der Waals surface area contributed by atoms with Gasteiger partial charge in [-0.3, -0.25) is 0 Å². The van der Waals surface area contributed by atoms with Crippen LogP contribution in [0, 0.1) is 0 Å². The largest absolute Gasteiger partial charge is 0.477 e. The number of hydrogen-bond acceptors (Lipinski definition) is 1. The Morgan fingerprint density at radius 1 is 0.905 bits per heavy atom. The van der Waals surface area contributed by atoms with E-state index in [-0.39, 0.29) is 5.69 Å². The topological polar surface area (TPSA) is 68.9 Å². The number of aromatic carboxylic acids is 1. The van der Waals surface area contributed by atoms with E-state index < -0.39 is 5.97 Å². The number of benzene rings is 2. The fourth-order valence-corrected chi connectivity index (χ4v) is 2.81. The van der Waals surface area contributed by atoms with Gasteiger partial charge in [0.2, 0.25) is 0 Å². The number of para-hydroxylation sites is 2. The zero-order valence-corrected chi connectivity index (χ0v) is 11.1. The minimum absolute atomic E-state index is 0.205. The molecule has 0 amide bonds. The number of rotatable bonds is 2. The molecule has 2 aromatic carbocycles. The van der Waals surface area contributed by atoms with E-state index in [1.807, 2.05) is 48.7 Å². The number of hydrogen-bond donors (Lipinski definition) is 3. The van der Waals surface area contributed by atoms with Crippen molar-refractivity contribution in [2.75, 3.05) is 0 Å². The molecule has 0 radical (unpaired) electrons. The Kier molecular flexibility index (Phi) is 2.38. The number of fused-ring (bicyclic) bond motifs is 2. The quantitative estimate of drug-likeness (QED) is 0.517. The van der Waals surface area contributed by atoms with E-state index >= 15 is 0 Å². The fourth-order valence-electron chi connectivity index (χ4n) is 2.81. The normalized spacial score (nSPS) is 11.2. The van der Waals surface area contributed by atoms with E-state index in [9.17, 15) is 4.79 Å². The first-order chi connectivity index (χ1) is 10.2. The molecule has 0 fully saturated rings. The molecule has 4 aromatic rings. The summed E-state index contributed by atoms with van der Waals surface area (Å²) in [7, 11) is 0. The van der Waals surface area contributed by atoms with Crippen LogP contribution in [-0.2, 0) is 0 Å².